The van der Waals surface area contributed by atoms with Gasteiger partial charge in [0.25, 0.3) is 0 Å². The highest BCUT2D eigenvalue weighted by atomic mass is 14.7. The molecule has 16 heavy (non-hydrogen) atoms. The van der Waals surface area contributed by atoms with E-state index in [0.29, 0.717) is 6.54 Å². The highest BCUT2D eigenvalue weighted by Gasteiger charge is 2.08. The number of benzene rings is 1. The quantitative estimate of drug-likeness (QED) is 0.831. The van der Waals surface area contributed by atoms with Crippen LogP contribution in [0.15, 0.2) is 36.5 Å². The van der Waals surface area contributed by atoms with Gasteiger partial charge in [0.1, 0.15) is 0 Å². The maximum atomic E-state index is 5.83. The number of nitrogens with zero attached hydrogens (tertiary/aromatic N) is 1. The molecule has 0 spiro atoms. The molecule has 0 aliphatic rings. The zero-order chi connectivity index (χ0) is 11.5. The van der Waals surface area contributed by atoms with E-state index in [1.807, 2.05) is 31.3 Å². The van der Waals surface area contributed by atoms with Crippen LogP contribution >= 0.6 is 0 Å². The van der Waals surface area contributed by atoms with Gasteiger partial charge in [-0.05, 0) is 30.5 Å². The highest BCUT2D eigenvalue weighted by molar-refractivity contribution is 5.68. The van der Waals surface area contributed by atoms with E-state index in [9.17, 15) is 0 Å². The second-order valence-electron chi connectivity index (χ2n) is 3.93. The largest absolute Gasteiger partial charge is 0.326 e. The molecular formula is C14H16N2. The van der Waals surface area contributed by atoms with Crippen LogP contribution in [0, 0.1) is 13.8 Å². The maximum absolute atomic E-state index is 5.83. The first-order valence-electron chi connectivity index (χ1n) is 5.44. The van der Waals surface area contributed by atoms with E-state index in [4.69, 9.17) is 5.73 Å². The SMILES string of the molecule is Cc1ncc(-c2ccccc2)c(CN)c1C. The molecule has 0 saturated carbocycles. The Morgan fingerprint density at radius 3 is 2.44 bits per heavy atom. The van der Waals surface area contributed by atoms with Gasteiger partial charge in [-0.3, -0.25) is 4.98 Å². The number of hydrogen-bond donors (Lipinski definition) is 1. The Bertz CT molecular complexity index is 490. The molecule has 0 unspecified atom stereocenters. The summed E-state index contributed by atoms with van der Waals surface area (Å²) in [6.45, 7) is 4.65. The Hall–Kier alpha value is -1.67. The van der Waals surface area contributed by atoms with E-state index < -0.39 is 0 Å². The van der Waals surface area contributed by atoms with Crippen molar-refractivity contribution in [3.63, 3.8) is 0 Å². The van der Waals surface area contributed by atoms with Crippen LogP contribution < -0.4 is 5.73 Å². The van der Waals surface area contributed by atoms with Crippen LogP contribution in [0.25, 0.3) is 11.1 Å². The Balaban J connectivity index is 2.62. The van der Waals surface area contributed by atoms with Crippen LogP contribution in [0.5, 0.6) is 0 Å². The average molecular weight is 212 g/mol. The first-order valence-corrected chi connectivity index (χ1v) is 5.44. The lowest BCUT2D eigenvalue weighted by atomic mass is 9.97. The minimum Gasteiger partial charge on any atom is -0.326 e. The third kappa shape index (κ3) is 1.84. The summed E-state index contributed by atoms with van der Waals surface area (Å²) in [5, 5.41) is 0. The van der Waals surface area contributed by atoms with Crippen molar-refractivity contribution in [1.29, 1.82) is 0 Å². The third-order valence-corrected chi connectivity index (χ3v) is 3.00. The van der Waals surface area contributed by atoms with Gasteiger partial charge in [0.2, 0.25) is 0 Å². The molecule has 2 heteroatoms. The smallest absolute Gasteiger partial charge is 0.0405 e. The summed E-state index contributed by atoms with van der Waals surface area (Å²) in [4.78, 5) is 4.41. The highest BCUT2D eigenvalue weighted by Crippen LogP contribution is 2.25. The van der Waals surface area contributed by atoms with Crippen LogP contribution in [-0.4, -0.2) is 4.98 Å². The number of hydrogen-bond acceptors (Lipinski definition) is 2. The maximum Gasteiger partial charge on any atom is 0.0405 e. The molecule has 2 nitrogen and oxygen atoms in total. The number of aromatic nitrogens is 1. The molecule has 0 radical (unpaired) electrons. The molecule has 82 valence electrons. The van der Waals surface area contributed by atoms with E-state index in [1.165, 1.54) is 16.7 Å². The fraction of sp³-hybridized carbons (Fsp3) is 0.214. The van der Waals surface area contributed by atoms with Crippen LogP contribution in [0.1, 0.15) is 16.8 Å². The van der Waals surface area contributed by atoms with Crippen molar-refractivity contribution in [3.8, 4) is 11.1 Å². The van der Waals surface area contributed by atoms with Crippen molar-refractivity contribution in [3.05, 3.63) is 53.3 Å². The van der Waals surface area contributed by atoms with Crippen LogP contribution in [-0.2, 0) is 6.54 Å². The second kappa shape index (κ2) is 4.45. The van der Waals surface area contributed by atoms with Gasteiger partial charge in [0, 0.05) is 24.0 Å². The second-order valence-corrected chi connectivity index (χ2v) is 3.93. The standard InChI is InChI=1S/C14H16N2/c1-10-11(2)16-9-14(13(10)8-15)12-6-4-3-5-7-12/h3-7,9H,8,15H2,1-2H3. The lowest BCUT2D eigenvalue weighted by molar-refractivity contribution is 1.01. The molecule has 2 rings (SSSR count). The van der Waals surface area contributed by atoms with E-state index in [2.05, 4.69) is 24.0 Å². The average Bonchev–Trinajstić information content (AvgIpc) is 2.33. The lowest BCUT2D eigenvalue weighted by Crippen LogP contribution is -2.04. The molecular weight excluding hydrogens is 196 g/mol. The van der Waals surface area contributed by atoms with Gasteiger partial charge >= 0.3 is 0 Å². The van der Waals surface area contributed by atoms with Crippen molar-refractivity contribution >= 4 is 0 Å². The Labute approximate surface area is 96.1 Å². The monoisotopic (exact) mass is 212 g/mol. The van der Waals surface area contributed by atoms with Gasteiger partial charge in [-0.15, -0.1) is 0 Å². The van der Waals surface area contributed by atoms with Crippen molar-refractivity contribution in [1.82, 2.24) is 4.98 Å². The van der Waals surface area contributed by atoms with Gasteiger partial charge < -0.3 is 5.73 Å². The fourth-order valence-corrected chi connectivity index (χ4v) is 1.89. The molecule has 2 aromatic rings. The van der Waals surface area contributed by atoms with Crippen molar-refractivity contribution in [2.24, 2.45) is 5.73 Å². The summed E-state index contributed by atoms with van der Waals surface area (Å²) in [7, 11) is 0. The van der Waals surface area contributed by atoms with Crippen molar-refractivity contribution < 1.29 is 0 Å². The predicted octanol–water partition coefficient (Wildman–Crippen LogP) is 2.82. The molecule has 2 N–H and O–H groups in total. The van der Waals surface area contributed by atoms with Crippen LogP contribution in [0.2, 0.25) is 0 Å². The van der Waals surface area contributed by atoms with Crippen LogP contribution in [0.3, 0.4) is 0 Å². The summed E-state index contributed by atoms with van der Waals surface area (Å²) < 4.78 is 0. The van der Waals surface area contributed by atoms with Gasteiger partial charge in [-0.1, -0.05) is 30.3 Å². The molecule has 0 aliphatic heterocycles. The van der Waals surface area contributed by atoms with Gasteiger partial charge in [-0.25, -0.2) is 0 Å². The van der Waals surface area contributed by atoms with E-state index in [-0.39, 0.29) is 0 Å². The molecule has 0 aliphatic carbocycles. The topological polar surface area (TPSA) is 38.9 Å². The Morgan fingerprint density at radius 2 is 1.81 bits per heavy atom. The first-order chi connectivity index (χ1) is 7.74. The molecule has 0 saturated heterocycles. The fourth-order valence-electron chi connectivity index (χ4n) is 1.89. The molecule has 0 amide bonds. The van der Waals surface area contributed by atoms with Crippen LogP contribution in [0.4, 0.5) is 0 Å². The zero-order valence-corrected chi connectivity index (χ0v) is 9.70. The lowest BCUT2D eigenvalue weighted by Gasteiger charge is -2.12. The van der Waals surface area contributed by atoms with E-state index in [0.717, 1.165) is 11.3 Å². The molecule has 1 heterocycles. The number of rotatable bonds is 2. The molecule has 0 bridgehead atoms. The predicted molar refractivity (Wildman–Crippen MR) is 67.0 cm³/mol. The van der Waals surface area contributed by atoms with E-state index in [1.54, 1.807) is 0 Å². The van der Waals surface area contributed by atoms with Gasteiger partial charge in [0.15, 0.2) is 0 Å². The summed E-state index contributed by atoms with van der Waals surface area (Å²) in [5.41, 5.74) is 11.6. The number of pyridine rings is 1. The molecule has 0 atom stereocenters. The summed E-state index contributed by atoms with van der Waals surface area (Å²) >= 11 is 0. The Kier molecular flexibility index (Phi) is 3.02. The first kappa shape index (κ1) is 10.8. The third-order valence-electron chi connectivity index (χ3n) is 3.00. The summed E-state index contributed by atoms with van der Waals surface area (Å²) in [6, 6.07) is 10.3. The number of aryl methyl sites for hydroxylation is 1. The summed E-state index contributed by atoms with van der Waals surface area (Å²) in [5.74, 6) is 0. The van der Waals surface area contributed by atoms with Gasteiger partial charge in [0.05, 0.1) is 0 Å². The minimum atomic E-state index is 0.555. The Morgan fingerprint density at radius 1 is 1.12 bits per heavy atom. The number of nitrogens with two attached hydrogens (primary N) is 1. The molecule has 1 aromatic carbocycles. The van der Waals surface area contributed by atoms with E-state index >= 15 is 0 Å². The summed E-state index contributed by atoms with van der Waals surface area (Å²) in [6.07, 6.45) is 1.92. The molecule has 1 aromatic heterocycles. The van der Waals surface area contributed by atoms with Gasteiger partial charge in [-0.2, -0.15) is 0 Å². The van der Waals surface area contributed by atoms with Crippen molar-refractivity contribution in [2.45, 2.75) is 20.4 Å². The molecule has 0 fully saturated rings. The minimum absolute atomic E-state index is 0.555. The zero-order valence-electron chi connectivity index (χ0n) is 9.70. The van der Waals surface area contributed by atoms with Crippen molar-refractivity contribution in [2.75, 3.05) is 0 Å². The normalized spacial score (nSPS) is 10.4.